The van der Waals surface area contributed by atoms with E-state index < -0.39 is 0 Å². The fraction of sp³-hybridized carbons (Fsp3) is 0.120. The van der Waals surface area contributed by atoms with Gasteiger partial charge in [0.05, 0.1) is 17.7 Å². The third-order valence-electron chi connectivity index (χ3n) is 4.94. The van der Waals surface area contributed by atoms with Gasteiger partial charge in [-0.15, -0.1) is 0 Å². The lowest BCUT2D eigenvalue weighted by Gasteiger charge is -2.21. The summed E-state index contributed by atoms with van der Waals surface area (Å²) in [6.45, 7) is 0.520. The maximum absolute atomic E-state index is 12.9. The van der Waals surface area contributed by atoms with Gasteiger partial charge in [0.25, 0.3) is 11.8 Å². The van der Waals surface area contributed by atoms with Crippen LogP contribution in [0.2, 0.25) is 0 Å². The molecule has 1 aliphatic rings. The van der Waals surface area contributed by atoms with Crippen LogP contribution in [-0.2, 0) is 11.3 Å². The molecule has 0 aromatic heterocycles. The van der Waals surface area contributed by atoms with E-state index in [0.29, 0.717) is 22.7 Å². The number of fused-ring (bicyclic) bond motifs is 1. The predicted molar refractivity (Wildman–Crippen MR) is 124 cm³/mol. The number of hydrogen-bond acceptors (Lipinski definition) is 4. The number of carbonyl (C=O) groups is 2. The summed E-state index contributed by atoms with van der Waals surface area (Å²) in [7, 11) is 3.39. The molecule has 0 unspecified atom stereocenters. The number of hydrogen-bond donors (Lipinski definition) is 1. The van der Waals surface area contributed by atoms with Crippen LogP contribution in [-0.4, -0.2) is 30.9 Å². The number of carbonyl (C=O) groups excluding carboxylic acids is 2. The average molecular weight is 431 g/mol. The second-order valence-corrected chi connectivity index (χ2v) is 8.28. The number of thioether (sulfide) groups is 1. The molecule has 0 saturated heterocycles. The second kappa shape index (κ2) is 9.10. The van der Waals surface area contributed by atoms with Crippen LogP contribution < -0.4 is 10.1 Å². The van der Waals surface area contributed by atoms with Crippen LogP contribution in [0.3, 0.4) is 0 Å². The van der Waals surface area contributed by atoms with Gasteiger partial charge in [-0.2, -0.15) is 0 Å². The van der Waals surface area contributed by atoms with Crippen molar-refractivity contribution in [2.24, 2.45) is 0 Å². The van der Waals surface area contributed by atoms with Crippen molar-refractivity contribution in [3.05, 3.63) is 94.4 Å². The number of ether oxygens (including phenoxy) is 1. The molecule has 0 aliphatic carbocycles. The van der Waals surface area contributed by atoms with Crippen molar-refractivity contribution in [1.29, 1.82) is 0 Å². The first-order valence-corrected chi connectivity index (χ1v) is 10.6. The van der Waals surface area contributed by atoms with E-state index in [9.17, 15) is 9.59 Å². The van der Waals surface area contributed by atoms with Crippen molar-refractivity contribution in [1.82, 2.24) is 4.90 Å². The first-order chi connectivity index (χ1) is 15.0. The summed E-state index contributed by atoms with van der Waals surface area (Å²) in [5.74, 6) is 0.490. The molecule has 0 fully saturated rings. The number of anilines is 1. The van der Waals surface area contributed by atoms with Crippen LogP contribution in [0.25, 0.3) is 6.08 Å². The van der Waals surface area contributed by atoms with Gasteiger partial charge in [-0.25, -0.2) is 0 Å². The van der Waals surface area contributed by atoms with Gasteiger partial charge < -0.3 is 15.0 Å². The third kappa shape index (κ3) is 4.81. The van der Waals surface area contributed by atoms with Gasteiger partial charge in [0.15, 0.2) is 0 Å². The van der Waals surface area contributed by atoms with E-state index in [4.69, 9.17) is 4.74 Å². The van der Waals surface area contributed by atoms with Crippen molar-refractivity contribution in [3.63, 3.8) is 0 Å². The summed E-state index contributed by atoms with van der Waals surface area (Å²) >= 11 is 1.39. The summed E-state index contributed by atoms with van der Waals surface area (Å²) in [5, 5.41) is 2.91. The van der Waals surface area contributed by atoms with E-state index in [0.717, 1.165) is 21.8 Å². The molecule has 3 aromatic rings. The molecule has 5 nitrogen and oxygen atoms in total. The summed E-state index contributed by atoms with van der Waals surface area (Å²) in [6.07, 6.45) is 1.84. The molecule has 3 aromatic carbocycles. The molecule has 0 spiro atoms. The number of rotatable bonds is 5. The van der Waals surface area contributed by atoms with Crippen LogP contribution in [0.15, 0.2) is 82.6 Å². The highest BCUT2D eigenvalue weighted by Gasteiger charge is 2.23. The van der Waals surface area contributed by atoms with Crippen molar-refractivity contribution in [2.75, 3.05) is 19.5 Å². The lowest BCUT2D eigenvalue weighted by Crippen LogP contribution is -2.26. The minimum atomic E-state index is -0.185. The van der Waals surface area contributed by atoms with Gasteiger partial charge in [0.2, 0.25) is 0 Å². The van der Waals surface area contributed by atoms with Gasteiger partial charge >= 0.3 is 0 Å². The zero-order chi connectivity index (χ0) is 21.8. The van der Waals surface area contributed by atoms with E-state index >= 15 is 0 Å². The van der Waals surface area contributed by atoms with Gasteiger partial charge in [-0.1, -0.05) is 54.2 Å². The Morgan fingerprint density at radius 2 is 1.81 bits per heavy atom. The molecule has 0 bridgehead atoms. The fourth-order valence-electron chi connectivity index (χ4n) is 3.29. The molecule has 1 aliphatic heterocycles. The zero-order valence-electron chi connectivity index (χ0n) is 17.3. The highest BCUT2D eigenvalue weighted by molar-refractivity contribution is 8.04. The van der Waals surface area contributed by atoms with E-state index in [1.54, 1.807) is 31.2 Å². The van der Waals surface area contributed by atoms with E-state index in [2.05, 4.69) is 5.32 Å². The monoisotopic (exact) mass is 430 g/mol. The predicted octanol–water partition coefficient (Wildman–Crippen LogP) is 5.05. The van der Waals surface area contributed by atoms with Gasteiger partial charge in [-0.05, 0) is 47.5 Å². The van der Waals surface area contributed by atoms with Crippen LogP contribution in [0.1, 0.15) is 21.5 Å². The van der Waals surface area contributed by atoms with Crippen molar-refractivity contribution < 1.29 is 14.3 Å². The largest absolute Gasteiger partial charge is 0.497 e. The van der Waals surface area contributed by atoms with E-state index in [1.165, 1.54) is 11.8 Å². The summed E-state index contributed by atoms with van der Waals surface area (Å²) < 4.78 is 5.17. The zero-order valence-corrected chi connectivity index (χ0v) is 18.1. The van der Waals surface area contributed by atoms with Crippen LogP contribution >= 0.6 is 11.8 Å². The van der Waals surface area contributed by atoms with Crippen LogP contribution in [0.5, 0.6) is 5.75 Å². The standard InChI is InChI=1S/C25H22N2O3S/c1-27(16-18-6-4-3-5-7-18)25(29)19-10-13-22-21(15-19)26-24(28)23(31-22)14-17-8-11-20(30-2)12-9-17/h3-15H,16H2,1-2H3,(H,26,28). The quantitative estimate of drug-likeness (QED) is 0.576. The molecule has 1 heterocycles. The molecule has 1 N–H and O–H groups in total. The highest BCUT2D eigenvalue weighted by Crippen LogP contribution is 2.39. The van der Waals surface area contributed by atoms with Crippen LogP contribution in [0.4, 0.5) is 5.69 Å². The summed E-state index contributed by atoms with van der Waals surface area (Å²) in [6, 6.07) is 22.8. The fourth-order valence-corrected chi connectivity index (χ4v) is 4.23. The van der Waals surface area contributed by atoms with E-state index in [-0.39, 0.29) is 11.8 Å². The van der Waals surface area contributed by atoms with Gasteiger partial charge in [0, 0.05) is 24.1 Å². The number of amides is 2. The maximum atomic E-state index is 12.9. The Morgan fingerprint density at radius 3 is 2.52 bits per heavy atom. The van der Waals surface area contributed by atoms with Crippen LogP contribution in [0, 0.1) is 0 Å². The molecule has 2 amide bonds. The molecule has 0 saturated carbocycles. The number of nitrogens with one attached hydrogen (secondary N) is 1. The van der Waals surface area contributed by atoms with Crippen molar-refractivity contribution in [2.45, 2.75) is 11.4 Å². The Labute approximate surface area is 185 Å². The van der Waals surface area contributed by atoms with Crippen molar-refractivity contribution in [3.8, 4) is 5.75 Å². The molecule has 156 valence electrons. The second-order valence-electron chi connectivity index (χ2n) is 7.20. The maximum Gasteiger partial charge on any atom is 0.262 e. The minimum Gasteiger partial charge on any atom is -0.497 e. The lowest BCUT2D eigenvalue weighted by molar-refractivity contribution is -0.112. The molecule has 0 radical (unpaired) electrons. The SMILES string of the molecule is COc1ccc(C=C2Sc3ccc(C(=O)N(C)Cc4ccccc4)cc3NC2=O)cc1. The molecule has 4 rings (SSSR count). The number of benzene rings is 3. The number of nitrogens with zero attached hydrogens (tertiary/aromatic N) is 1. The third-order valence-corrected chi connectivity index (χ3v) is 6.04. The molecule has 31 heavy (non-hydrogen) atoms. The van der Waals surface area contributed by atoms with Gasteiger partial charge in [0.1, 0.15) is 5.75 Å². The minimum absolute atomic E-state index is 0.0922. The topological polar surface area (TPSA) is 58.6 Å². The molecule has 6 heteroatoms. The smallest absolute Gasteiger partial charge is 0.262 e. The Bertz CT molecular complexity index is 1140. The molecule has 0 atom stereocenters. The summed E-state index contributed by atoms with van der Waals surface area (Å²) in [4.78, 5) is 28.6. The summed E-state index contributed by atoms with van der Waals surface area (Å²) in [5.41, 5.74) is 3.17. The number of methoxy groups -OCH3 is 1. The molecular weight excluding hydrogens is 408 g/mol. The average Bonchev–Trinajstić information content (AvgIpc) is 2.80. The lowest BCUT2D eigenvalue weighted by atomic mass is 10.1. The Balaban J connectivity index is 1.50. The Kier molecular flexibility index (Phi) is 6.09. The van der Waals surface area contributed by atoms with Gasteiger partial charge in [-0.3, -0.25) is 9.59 Å². The molecular formula is C25H22N2O3S. The Hall–Kier alpha value is -3.51. The highest BCUT2D eigenvalue weighted by atomic mass is 32.2. The van der Waals surface area contributed by atoms with E-state index in [1.807, 2.05) is 66.7 Å². The van der Waals surface area contributed by atoms with Crippen molar-refractivity contribution >= 4 is 35.3 Å². The Morgan fingerprint density at radius 1 is 1.06 bits per heavy atom. The normalized spacial score (nSPS) is 14.0. The first kappa shape index (κ1) is 20.8. The first-order valence-electron chi connectivity index (χ1n) is 9.82.